The molecular weight excluding hydrogens is 259 g/mol. The van der Waals surface area contributed by atoms with Crippen molar-refractivity contribution in [3.05, 3.63) is 35.1 Å². The molecule has 1 rings (SSSR count). The molecule has 0 aromatic heterocycles. The van der Waals surface area contributed by atoms with Crippen LogP contribution in [0, 0.1) is 23.6 Å². The minimum atomic E-state index is -0.188. The van der Waals surface area contributed by atoms with Crippen LogP contribution in [0.15, 0.2) is 18.2 Å². The van der Waals surface area contributed by atoms with Crippen molar-refractivity contribution < 1.29 is 9.50 Å². The standard InChI is InChI=1S/C16H21FOS/c1-3-13(2)11-19-12-15-8-7-14(10-16(15)17)6-4-5-9-18/h7-8,10,13,18H,3,5,9,11-12H2,1-2H3. The maximum atomic E-state index is 13.8. The Labute approximate surface area is 119 Å². The van der Waals surface area contributed by atoms with E-state index in [1.165, 1.54) is 6.07 Å². The molecule has 104 valence electrons. The van der Waals surface area contributed by atoms with Gasteiger partial charge in [0.1, 0.15) is 5.82 Å². The van der Waals surface area contributed by atoms with Crippen LogP contribution in [0.2, 0.25) is 0 Å². The topological polar surface area (TPSA) is 20.2 Å². The van der Waals surface area contributed by atoms with E-state index in [-0.39, 0.29) is 12.4 Å². The molecular formula is C16H21FOS. The van der Waals surface area contributed by atoms with Crippen molar-refractivity contribution in [1.29, 1.82) is 0 Å². The Kier molecular flexibility index (Phi) is 7.62. The van der Waals surface area contributed by atoms with Gasteiger partial charge in [0.2, 0.25) is 0 Å². The number of thioether (sulfide) groups is 1. The summed E-state index contributed by atoms with van der Waals surface area (Å²) in [5.74, 6) is 7.89. The Bertz CT molecular complexity index is 448. The molecule has 0 aliphatic rings. The van der Waals surface area contributed by atoms with Crippen LogP contribution in [-0.2, 0) is 5.75 Å². The van der Waals surface area contributed by atoms with Gasteiger partial charge in [-0.05, 0) is 29.4 Å². The quantitative estimate of drug-likeness (QED) is 0.799. The summed E-state index contributed by atoms with van der Waals surface area (Å²) >= 11 is 1.77. The van der Waals surface area contributed by atoms with Crippen molar-refractivity contribution in [3.63, 3.8) is 0 Å². The Morgan fingerprint density at radius 2 is 2.21 bits per heavy atom. The van der Waals surface area contributed by atoms with Crippen LogP contribution in [0.3, 0.4) is 0 Å². The van der Waals surface area contributed by atoms with Gasteiger partial charge < -0.3 is 5.11 Å². The van der Waals surface area contributed by atoms with E-state index in [4.69, 9.17) is 5.11 Å². The number of benzene rings is 1. The molecule has 0 aliphatic carbocycles. The van der Waals surface area contributed by atoms with Crippen LogP contribution < -0.4 is 0 Å². The van der Waals surface area contributed by atoms with Gasteiger partial charge in [0.25, 0.3) is 0 Å². The molecule has 0 saturated heterocycles. The molecule has 0 spiro atoms. The van der Waals surface area contributed by atoms with E-state index >= 15 is 0 Å². The summed E-state index contributed by atoms with van der Waals surface area (Å²) in [6.07, 6.45) is 1.59. The monoisotopic (exact) mass is 280 g/mol. The summed E-state index contributed by atoms with van der Waals surface area (Å²) in [6, 6.07) is 5.12. The summed E-state index contributed by atoms with van der Waals surface area (Å²) in [5.41, 5.74) is 1.41. The molecule has 0 aliphatic heterocycles. The second-order valence-electron chi connectivity index (χ2n) is 4.61. The van der Waals surface area contributed by atoms with Crippen LogP contribution >= 0.6 is 11.8 Å². The summed E-state index contributed by atoms with van der Waals surface area (Å²) in [7, 11) is 0. The predicted molar refractivity (Wildman–Crippen MR) is 80.6 cm³/mol. The van der Waals surface area contributed by atoms with Crippen molar-refractivity contribution in [1.82, 2.24) is 0 Å². The van der Waals surface area contributed by atoms with Crippen molar-refractivity contribution >= 4 is 11.8 Å². The van der Waals surface area contributed by atoms with Gasteiger partial charge in [-0.25, -0.2) is 4.39 Å². The zero-order chi connectivity index (χ0) is 14.1. The van der Waals surface area contributed by atoms with Crippen molar-refractivity contribution in [2.45, 2.75) is 32.4 Å². The maximum Gasteiger partial charge on any atom is 0.128 e. The van der Waals surface area contributed by atoms with E-state index in [2.05, 4.69) is 25.7 Å². The van der Waals surface area contributed by atoms with Crippen molar-refractivity contribution in [3.8, 4) is 11.8 Å². The Hall–Kier alpha value is -0.980. The molecule has 1 aromatic rings. The lowest BCUT2D eigenvalue weighted by Gasteiger charge is -2.08. The first-order valence-electron chi connectivity index (χ1n) is 6.63. The van der Waals surface area contributed by atoms with Gasteiger partial charge >= 0.3 is 0 Å². The van der Waals surface area contributed by atoms with Crippen LogP contribution in [-0.4, -0.2) is 17.5 Å². The van der Waals surface area contributed by atoms with Gasteiger partial charge in [-0.2, -0.15) is 11.8 Å². The average Bonchev–Trinajstić information content (AvgIpc) is 2.41. The number of halogens is 1. The highest BCUT2D eigenvalue weighted by Crippen LogP contribution is 2.19. The van der Waals surface area contributed by atoms with E-state index in [0.29, 0.717) is 23.7 Å². The minimum absolute atomic E-state index is 0.0415. The SMILES string of the molecule is CCC(C)CSCc1ccc(C#CCCO)cc1F. The highest BCUT2D eigenvalue weighted by Gasteiger charge is 2.04. The first-order chi connectivity index (χ1) is 9.17. The second kappa shape index (κ2) is 9.01. The molecule has 3 heteroatoms. The third kappa shape index (κ3) is 6.13. The molecule has 1 nitrogen and oxygen atoms in total. The number of aliphatic hydroxyl groups excluding tert-OH is 1. The van der Waals surface area contributed by atoms with Crippen molar-refractivity contribution in [2.75, 3.05) is 12.4 Å². The number of hydrogen-bond acceptors (Lipinski definition) is 2. The molecule has 0 fully saturated rings. The van der Waals surface area contributed by atoms with Crippen LogP contribution in [0.1, 0.15) is 37.8 Å². The molecule has 1 aromatic carbocycles. The van der Waals surface area contributed by atoms with Crippen LogP contribution in [0.4, 0.5) is 4.39 Å². The highest BCUT2D eigenvalue weighted by molar-refractivity contribution is 7.98. The van der Waals surface area contributed by atoms with E-state index in [1.807, 2.05) is 12.1 Å². The lowest BCUT2D eigenvalue weighted by molar-refractivity contribution is 0.305. The fraction of sp³-hybridized carbons (Fsp3) is 0.500. The average molecular weight is 280 g/mol. The third-order valence-electron chi connectivity index (χ3n) is 2.88. The third-order valence-corrected chi connectivity index (χ3v) is 4.20. The summed E-state index contributed by atoms with van der Waals surface area (Å²) in [5, 5.41) is 8.63. The zero-order valence-electron chi connectivity index (χ0n) is 11.6. The fourth-order valence-electron chi connectivity index (χ4n) is 1.45. The highest BCUT2D eigenvalue weighted by atomic mass is 32.2. The summed E-state index contributed by atoms with van der Waals surface area (Å²) < 4.78 is 13.8. The lowest BCUT2D eigenvalue weighted by atomic mass is 10.1. The van der Waals surface area contributed by atoms with Gasteiger partial charge in [0.05, 0.1) is 6.61 Å². The van der Waals surface area contributed by atoms with Gasteiger partial charge in [-0.1, -0.05) is 38.2 Å². The predicted octanol–water partition coefficient (Wildman–Crippen LogP) is 3.84. The lowest BCUT2D eigenvalue weighted by Crippen LogP contribution is -1.97. The fourth-order valence-corrected chi connectivity index (χ4v) is 2.66. The van der Waals surface area contributed by atoms with Gasteiger partial charge in [0.15, 0.2) is 0 Å². The molecule has 0 radical (unpaired) electrons. The number of rotatable bonds is 6. The normalized spacial score (nSPS) is 11.8. The molecule has 0 amide bonds. The first-order valence-corrected chi connectivity index (χ1v) is 7.78. The smallest absolute Gasteiger partial charge is 0.128 e. The van der Waals surface area contributed by atoms with Crippen LogP contribution in [0.5, 0.6) is 0 Å². The molecule has 0 saturated carbocycles. The molecule has 1 N–H and O–H groups in total. The number of aliphatic hydroxyl groups is 1. The minimum Gasteiger partial charge on any atom is -0.395 e. The molecule has 0 bridgehead atoms. The Balaban J connectivity index is 2.55. The van der Waals surface area contributed by atoms with Crippen LogP contribution in [0.25, 0.3) is 0 Å². The summed E-state index contributed by atoms with van der Waals surface area (Å²) in [4.78, 5) is 0. The van der Waals surface area contributed by atoms with Crippen molar-refractivity contribution in [2.24, 2.45) is 5.92 Å². The van der Waals surface area contributed by atoms with E-state index < -0.39 is 0 Å². The van der Waals surface area contributed by atoms with Gasteiger partial charge in [0, 0.05) is 17.7 Å². The Morgan fingerprint density at radius 1 is 1.42 bits per heavy atom. The molecule has 19 heavy (non-hydrogen) atoms. The van der Waals surface area contributed by atoms with E-state index in [1.54, 1.807) is 11.8 Å². The van der Waals surface area contributed by atoms with Gasteiger partial charge in [-0.15, -0.1) is 0 Å². The maximum absolute atomic E-state index is 13.8. The molecule has 1 unspecified atom stereocenters. The number of hydrogen-bond donors (Lipinski definition) is 1. The molecule has 1 atom stereocenters. The summed E-state index contributed by atoms with van der Waals surface area (Å²) in [6.45, 7) is 4.43. The largest absolute Gasteiger partial charge is 0.395 e. The van der Waals surface area contributed by atoms with Gasteiger partial charge in [-0.3, -0.25) is 0 Å². The second-order valence-corrected chi connectivity index (χ2v) is 5.64. The Morgan fingerprint density at radius 3 is 2.84 bits per heavy atom. The van der Waals surface area contributed by atoms with E-state index in [9.17, 15) is 4.39 Å². The zero-order valence-corrected chi connectivity index (χ0v) is 12.4. The van der Waals surface area contributed by atoms with E-state index in [0.717, 1.165) is 17.7 Å². The first kappa shape index (κ1) is 16.1. The molecule has 0 heterocycles.